The molecule has 0 atom stereocenters. The summed E-state index contributed by atoms with van der Waals surface area (Å²) < 4.78 is 10.3. The summed E-state index contributed by atoms with van der Waals surface area (Å²) in [4.78, 5) is 11.5. The van der Waals surface area contributed by atoms with Crippen molar-refractivity contribution in [2.45, 2.75) is 6.92 Å². The quantitative estimate of drug-likeness (QED) is 0.440. The Morgan fingerprint density at radius 3 is 2.31 bits per heavy atom. The molecule has 0 amide bonds. The minimum absolute atomic E-state index is 0.355. The van der Waals surface area contributed by atoms with Gasteiger partial charge in [-0.3, -0.25) is 0 Å². The van der Waals surface area contributed by atoms with Crippen molar-refractivity contribution in [1.82, 2.24) is 0 Å². The molecule has 29 heavy (non-hydrogen) atoms. The lowest BCUT2D eigenvalue weighted by molar-refractivity contribution is 0.0600. The number of rotatable bonds is 4. The van der Waals surface area contributed by atoms with Crippen LogP contribution in [0, 0.1) is 18.8 Å². The molecule has 0 aromatic heterocycles. The Labute approximate surface area is 171 Å². The fourth-order valence-corrected chi connectivity index (χ4v) is 2.95. The lowest BCUT2D eigenvalue weighted by Crippen LogP contribution is -2.00. The van der Waals surface area contributed by atoms with E-state index in [1.165, 1.54) is 12.7 Å². The van der Waals surface area contributed by atoms with Crippen LogP contribution in [0.5, 0.6) is 5.75 Å². The number of carbonyl (C=O) groups is 1. The number of methoxy groups -OCH3 is 2. The first-order valence-electron chi connectivity index (χ1n) is 9.23. The van der Waals surface area contributed by atoms with Crippen molar-refractivity contribution < 1.29 is 14.3 Å². The lowest BCUT2D eigenvalue weighted by Gasteiger charge is -2.12. The van der Waals surface area contributed by atoms with E-state index in [1.807, 2.05) is 30.4 Å². The van der Waals surface area contributed by atoms with E-state index in [2.05, 4.69) is 43.0 Å². The maximum atomic E-state index is 11.5. The van der Waals surface area contributed by atoms with Gasteiger partial charge in [0.1, 0.15) is 5.75 Å². The molecule has 0 fully saturated rings. The van der Waals surface area contributed by atoms with Crippen molar-refractivity contribution in [2.75, 3.05) is 14.2 Å². The largest absolute Gasteiger partial charge is 0.496 e. The maximum Gasteiger partial charge on any atom is 0.337 e. The monoisotopic (exact) mass is 382 g/mol. The fraction of sp³-hybridized carbons (Fsp3) is 0.115. The Balaban J connectivity index is 1.86. The average molecular weight is 382 g/mol. The van der Waals surface area contributed by atoms with Gasteiger partial charge in [0.2, 0.25) is 0 Å². The number of carbonyl (C=O) groups excluding carboxylic acids is 1. The fourth-order valence-electron chi connectivity index (χ4n) is 2.95. The number of esters is 1. The van der Waals surface area contributed by atoms with Gasteiger partial charge < -0.3 is 9.47 Å². The number of hydrogen-bond donors (Lipinski definition) is 0. The van der Waals surface area contributed by atoms with Crippen molar-refractivity contribution in [3.8, 4) is 28.7 Å². The topological polar surface area (TPSA) is 35.5 Å². The van der Waals surface area contributed by atoms with Gasteiger partial charge in [0, 0.05) is 11.1 Å². The number of benzene rings is 3. The van der Waals surface area contributed by atoms with Crippen LogP contribution >= 0.6 is 0 Å². The van der Waals surface area contributed by atoms with Gasteiger partial charge in [0.15, 0.2) is 0 Å². The first-order valence-corrected chi connectivity index (χ1v) is 9.23. The van der Waals surface area contributed by atoms with Crippen LogP contribution in [0.2, 0.25) is 0 Å². The van der Waals surface area contributed by atoms with Gasteiger partial charge in [-0.1, -0.05) is 53.8 Å². The van der Waals surface area contributed by atoms with Gasteiger partial charge in [0.05, 0.1) is 19.8 Å². The minimum atomic E-state index is -0.355. The highest BCUT2D eigenvalue weighted by atomic mass is 16.5. The summed E-state index contributed by atoms with van der Waals surface area (Å²) >= 11 is 0. The second kappa shape index (κ2) is 9.43. The molecule has 0 aliphatic rings. The van der Waals surface area contributed by atoms with Gasteiger partial charge >= 0.3 is 5.97 Å². The third-order valence-corrected chi connectivity index (χ3v) is 4.49. The van der Waals surface area contributed by atoms with Crippen LogP contribution in [-0.4, -0.2) is 20.2 Å². The lowest BCUT2D eigenvalue weighted by atomic mass is 9.97. The minimum Gasteiger partial charge on any atom is -0.496 e. The normalized spacial score (nSPS) is 10.3. The summed E-state index contributed by atoms with van der Waals surface area (Å²) in [6.45, 7) is 2.07. The molecule has 3 aromatic carbocycles. The molecule has 144 valence electrons. The van der Waals surface area contributed by atoms with Gasteiger partial charge in [-0.25, -0.2) is 4.79 Å². The van der Waals surface area contributed by atoms with Crippen molar-refractivity contribution in [2.24, 2.45) is 0 Å². The van der Waals surface area contributed by atoms with Crippen LogP contribution < -0.4 is 4.74 Å². The summed E-state index contributed by atoms with van der Waals surface area (Å²) in [5, 5.41) is 0. The van der Waals surface area contributed by atoms with E-state index in [0.29, 0.717) is 5.56 Å². The highest BCUT2D eigenvalue weighted by Gasteiger charge is 2.09. The molecule has 3 aromatic rings. The zero-order chi connectivity index (χ0) is 20.6. The van der Waals surface area contributed by atoms with Gasteiger partial charge in [0.25, 0.3) is 0 Å². The van der Waals surface area contributed by atoms with E-state index in [4.69, 9.17) is 9.47 Å². The van der Waals surface area contributed by atoms with E-state index >= 15 is 0 Å². The number of ether oxygens (including phenoxy) is 2. The Hall–Kier alpha value is -3.77. The maximum absolute atomic E-state index is 11.5. The molecule has 3 nitrogen and oxygen atoms in total. The molecule has 3 rings (SSSR count). The number of aryl methyl sites for hydroxylation is 1. The highest BCUT2D eigenvalue weighted by Crippen LogP contribution is 2.34. The van der Waals surface area contributed by atoms with Crippen LogP contribution in [0.3, 0.4) is 0 Å². The van der Waals surface area contributed by atoms with E-state index in [9.17, 15) is 4.79 Å². The molecule has 0 aliphatic heterocycles. The zero-order valence-electron chi connectivity index (χ0n) is 16.7. The number of hydrogen-bond acceptors (Lipinski definition) is 3. The summed E-state index contributed by atoms with van der Waals surface area (Å²) in [5.41, 5.74) is 5.71. The molecule has 0 bridgehead atoms. The van der Waals surface area contributed by atoms with Crippen molar-refractivity contribution in [1.29, 1.82) is 0 Å². The summed E-state index contributed by atoms with van der Waals surface area (Å²) in [5.74, 6) is 6.59. The first-order chi connectivity index (χ1) is 14.1. The Bertz CT molecular complexity index is 1080. The van der Waals surface area contributed by atoms with E-state index in [-0.39, 0.29) is 5.97 Å². The van der Waals surface area contributed by atoms with Crippen LogP contribution in [-0.2, 0) is 4.74 Å². The molecular formula is C26H22O3. The summed E-state index contributed by atoms with van der Waals surface area (Å²) in [7, 11) is 3.04. The molecule has 0 spiro atoms. The van der Waals surface area contributed by atoms with Crippen molar-refractivity contribution in [3.05, 3.63) is 95.1 Å². The van der Waals surface area contributed by atoms with Gasteiger partial charge in [-0.15, -0.1) is 0 Å². The zero-order valence-corrected chi connectivity index (χ0v) is 16.7. The van der Waals surface area contributed by atoms with E-state index in [1.54, 1.807) is 31.4 Å². The smallest absolute Gasteiger partial charge is 0.337 e. The molecule has 0 heterocycles. The predicted octanol–water partition coefficient (Wildman–Crippen LogP) is 5.52. The van der Waals surface area contributed by atoms with Gasteiger partial charge in [-0.05, 0) is 60.5 Å². The second-order valence-electron chi connectivity index (χ2n) is 6.46. The van der Waals surface area contributed by atoms with E-state index < -0.39 is 0 Å². The molecule has 0 N–H and O–H groups in total. The highest BCUT2D eigenvalue weighted by molar-refractivity contribution is 5.89. The van der Waals surface area contributed by atoms with Crippen molar-refractivity contribution >= 4 is 12.0 Å². The standard InChI is InChI=1S/C26H22O3/c1-19-11-15-22(16-12-19)25-21(9-6-10-24(25)28-2)8-5-4-7-20-13-17-23(18-14-20)26(27)29-3/h5-6,8-18H,1-3H3. The summed E-state index contributed by atoms with van der Waals surface area (Å²) in [6, 6.07) is 21.4. The average Bonchev–Trinajstić information content (AvgIpc) is 2.77. The van der Waals surface area contributed by atoms with Crippen LogP contribution in [0.15, 0.2) is 72.8 Å². The SMILES string of the molecule is COC(=O)c1ccc(C#CC=Cc2cccc(OC)c2-c2ccc(C)cc2)cc1. The summed E-state index contributed by atoms with van der Waals surface area (Å²) in [6.07, 6.45) is 3.80. The van der Waals surface area contributed by atoms with Gasteiger partial charge in [-0.2, -0.15) is 0 Å². The Kier molecular flexibility index (Phi) is 6.50. The Morgan fingerprint density at radius 1 is 0.931 bits per heavy atom. The van der Waals surface area contributed by atoms with Crippen LogP contribution in [0.25, 0.3) is 17.2 Å². The van der Waals surface area contributed by atoms with Crippen LogP contribution in [0.1, 0.15) is 27.0 Å². The third-order valence-electron chi connectivity index (χ3n) is 4.49. The molecule has 0 aliphatic carbocycles. The number of allylic oxidation sites excluding steroid dienone is 1. The molecule has 0 saturated heterocycles. The molecule has 0 unspecified atom stereocenters. The molecular weight excluding hydrogens is 360 g/mol. The molecule has 0 saturated carbocycles. The Morgan fingerprint density at radius 2 is 1.66 bits per heavy atom. The van der Waals surface area contributed by atoms with Crippen LogP contribution in [0.4, 0.5) is 0 Å². The molecule has 3 heteroatoms. The third kappa shape index (κ3) is 4.94. The van der Waals surface area contributed by atoms with E-state index in [0.717, 1.165) is 28.0 Å². The predicted molar refractivity (Wildman–Crippen MR) is 117 cm³/mol. The first kappa shape index (κ1) is 20.0. The second-order valence-corrected chi connectivity index (χ2v) is 6.46. The van der Waals surface area contributed by atoms with Crippen molar-refractivity contribution in [3.63, 3.8) is 0 Å². The molecule has 0 radical (unpaired) electrons.